The third-order valence-corrected chi connectivity index (χ3v) is 1.47. The molecular weight excluding hydrogens is 122 g/mol. The van der Waals surface area contributed by atoms with Gasteiger partial charge in [-0.05, 0) is 19.2 Å². The molecule has 0 N–H and O–H groups in total. The molecule has 0 saturated heterocycles. The van der Waals surface area contributed by atoms with E-state index in [0.29, 0.717) is 0 Å². The highest BCUT2D eigenvalue weighted by molar-refractivity contribution is 5.09. The lowest BCUT2D eigenvalue weighted by Gasteiger charge is -2.14. The molecule has 10 heavy (non-hydrogen) atoms. The number of hydrogen-bond acceptors (Lipinski definition) is 1. The van der Waals surface area contributed by atoms with Crippen LogP contribution in [0.2, 0.25) is 0 Å². The highest BCUT2D eigenvalue weighted by atomic mass is 15.1. The summed E-state index contributed by atoms with van der Waals surface area (Å²) in [7, 11) is 0. The first kappa shape index (κ1) is 9.26. The Bertz CT molecular complexity index is 126. The largest absolute Gasteiger partial charge is 0.300 e. The molecule has 0 atom stereocenters. The van der Waals surface area contributed by atoms with Crippen LogP contribution in [-0.4, -0.2) is 24.5 Å². The van der Waals surface area contributed by atoms with Crippen molar-refractivity contribution < 1.29 is 0 Å². The zero-order valence-electron chi connectivity index (χ0n) is 6.80. The maximum absolute atomic E-state index is 5.04. The summed E-state index contributed by atoms with van der Waals surface area (Å²) in [5.74, 6) is 2.46. The third-order valence-electron chi connectivity index (χ3n) is 1.47. The Morgan fingerprint density at radius 1 is 1.40 bits per heavy atom. The van der Waals surface area contributed by atoms with Gasteiger partial charge >= 0.3 is 0 Å². The number of hydrogen-bond donors (Lipinski definition) is 0. The molecule has 0 aromatic carbocycles. The van der Waals surface area contributed by atoms with E-state index in [4.69, 9.17) is 6.42 Å². The molecule has 1 heteroatoms. The summed E-state index contributed by atoms with van der Waals surface area (Å²) in [5, 5.41) is 0. The number of rotatable bonds is 4. The van der Waals surface area contributed by atoms with Crippen LogP contribution in [0.4, 0.5) is 0 Å². The van der Waals surface area contributed by atoms with Crippen LogP contribution in [0, 0.1) is 12.3 Å². The van der Waals surface area contributed by atoms with Crippen molar-refractivity contribution in [3.8, 4) is 12.3 Å². The molecule has 0 saturated carbocycles. The predicted octanol–water partition coefficient (Wildman–Crippen LogP) is 1.52. The van der Waals surface area contributed by atoms with Gasteiger partial charge in [0.25, 0.3) is 0 Å². The number of allylic oxidation sites excluding steroid dienone is 1. The van der Waals surface area contributed by atoms with Crippen molar-refractivity contribution >= 4 is 0 Å². The van der Waals surface area contributed by atoms with E-state index in [1.165, 1.54) is 0 Å². The fraction of sp³-hybridized carbons (Fsp3) is 0.556. The minimum Gasteiger partial charge on any atom is -0.300 e. The molecule has 0 aliphatic rings. The molecular formula is C9H15N. The van der Waals surface area contributed by atoms with Gasteiger partial charge in [-0.25, -0.2) is 0 Å². The monoisotopic (exact) mass is 137 g/mol. The van der Waals surface area contributed by atoms with Crippen molar-refractivity contribution in [1.82, 2.24) is 4.90 Å². The lowest BCUT2D eigenvalue weighted by Crippen LogP contribution is -2.22. The first-order chi connectivity index (χ1) is 4.85. The second-order valence-electron chi connectivity index (χ2n) is 2.05. The summed E-state index contributed by atoms with van der Waals surface area (Å²) in [5.41, 5.74) is 0. The molecule has 0 unspecified atom stereocenters. The Labute approximate surface area is 63.7 Å². The van der Waals surface area contributed by atoms with Crippen molar-refractivity contribution in [2.24, 2.45) is 0 Å². The van der Waals surface area contributed by atoms with Crippen molar-refractivity contribution in [3.63, 3.8) is 0 Å². The average Bonchev–Trinajstić information content (AvgIpc) is 1.99. The van der Waals surface area contributed by atoms with Gasteiger partial charge in [0.1, 0.15) is 0 Å². The fourth-order valence-corrected chi connectivity index (χ4v) is 0.752. The van der Waals surface area contributed by atoms with Gasteiger partial charge in [0.15, 0.2) is 0 Å². The molecule has 56 valence electrons. The number of terminal acetylenes is 1. The summed E-state index contributed by atoms with van der Waals surface area (Å²) in [6, 6.07) is 0. The molecule has 0 aromatic heterocycles. The van der Waals surface area contributed by atoms with Crippen LogP contribution in [0.5, 0.6) is 0 Å². The van der Waals surface area contributed by atoms with Gasteiger partial charge in [0.05, 0.1) is 0 Å². The molecule has 0 fully saturated rings. The predicted molar refractivity (Wildman–Crippen MR) is 45.8 cm³/mol. The van der Waals surface area contributed by atoms with E-state index in [1.807, 2.05) is 6.08 Å². The van der Waals surface area contributed by atoms with E-state index in [2.05, 4.69) is 24.7 Å². The first-order valence-corrected chi connectivity index (χ1v) is 3.68. The van der Waals surface area contributed by atoms with Crippen LogP contribution >= 0.6 is 0 Å². The fourth-order valence-electron chi connectivity index (χ4n) is 0.752. The van der Waals surface area contributed by atoms with Gasteiger partial charge in [0.2, 0.25) is 0 Å². The molecule has 0 spiro atoms. The van der Waals surface area contributed by atoms with Crippen molar-refractivity contribution in [2.75, 3.05) is 19.6 Å². The average molecular weight is 137 g/mol. The normalized spacial score (nSPS) is 10.6. The SMILES string of the molecule is C#CC=CCN(CC)CC. The summed E-state index contributed by atoms with van der Waals surface area (Å²) >= 11 is 0. The molecule has 1 nitrogen and oxygen atoms in total. The van der Waals surface area contributed by atoms with E-state index >= 15 is 0 Å². The topological polar surface area (TPSA) is 3.24 Å². The van der Waals surface area contributed by atoms with Crippen molar-refractivity contribution in [2.45, 2.75) is 13.8 Å². The van der Waals surface area contributed by atoms with Gasteiger partial charge in [-0.1, -0.05) is 25.8 Å². The lowest BCUT2D eigenvalue weighted by molar-refractivity contribution is 0.337. The summed E-state index contributed by atoms with van der Waals surface area (Å²) in [4.78, 5) is 2.30. The van der Waals surface area contributed by atoms with Crippen LogP contribution in [0.25, 0.3) is 0 Å². The van der Waals surface area contributed by atoms with Crippen LogP contribution in [0.1, 0.15) is 13.8 Å². The smallest absolute Gasteiger partial charge is 0.0172 e. The Kier molecular flexibility index (Phi) is 5.91. The van der Waals surface area contributed by atoms with Crippen molar-refractivity contribution in [1.29, 1.82) is 0 Å². The van der Waals surface area contributed by atoms with Crippen molar-refractivity contribution in [3.05, 3.63) is 12.2 Å². The minimum atomic E-state index is 0.969. The summed E-state index contributed by atoms with van der Waals surface area (Å²) < 4.78 is 0. The third kappa shape index (κ3) is 4.17. The van der Waals surface area contributed by atoms with Gasteiger partial charge in [-0.15, -0.1) is 6.42 Å². The Morgan fingerprint density at radius 3 is 2.40 bits per heavy atom. The molecule has 0 aliphatic carbocycles. The standard InChI is InChI=1S/C9H15N/c1-4-7-8-9-10(5-2)6-3/h1,7-8H,5-6,9H2,2-3H3. The molecule has 0 aromatic rings. The van der Waals surface area contributed by atoms with E-state index in [1.54, 1.807) is 6.08 Å². The zero-order valence-corrected chi connectivity index (χ0v) is 6.80. The van der Waals surface area contributed by atoms with Gasteiger partial charge in [-0.2, -0.15) is 0 Å². The second-order valence-corrected chi connectivity index (χ2v) is 2.05. The highest BCUT2D eigenvalue weighted by Crippen LogP contribution is 1.85. The summed E-state index contributed by atoms with van der Waals surface area (Å²) in [6.07, 6.45) is 8.80. The lowest BCUT2D eigenvalue weighted by atomic mass is 10.4. The van der Waals surface area contributed by atoms with E-state index in [0.717, 1.165) is 19.6 Å². The second kappa shape index (κ2) is 6.38. The maximum atomic E-state index is 5.04. The Hall–Kier alpha value is -0.740. The Balaban J connectivity index is 3.46. The van der Waals surface area contributed by atoms with Gasteiger partial charge in [0, 0.05) is 6.54 Å². The molecule has 0 radical (unpaired) electrons. The number of likely N-dealkylation sites (N-methyl/N-ethyl adjacent to an activating group) is 1. The summed E-state index contributed by atoms with van der Waals surface area (Å²) in [6.45, 7) is 7.44. The van der Waals surface area contributed by atoms with Crippen LogP contribution < -0.4 is 0 Å². The molecule has 0 rings (SSSR count). The van der Waals surface area contributed by atoms with E-state index in [-0.39, 0.29) is 0 Å². The number of nitrogens with zero attached hydrogens (tertiary/aromatic N) is 1. The molecule has 0 amide bonds. The quantitative estimate of drug-likeness (QED) is 0.531. The van der Waals surface area contributed by atoms with Gasteiger partial charge < -0.3 is 4.90 Å². The van der Waals surface area contributed by atoms with E-state index in [9.17, 15) is 0 Å². The van der Waals surface area contributed by atoms with Crippen LogP contribution in [-0.2, 0) is 0 Å². The molecule has 0 bridgehead atoms. The van der Waals surface area contributed by atoms with Crippen LogP contribution in [0.15, 0.2) is 12.2 Å². The van der Waals surface area contributed by atoms with Gasteiger partial charge in [-0.3, -0.25) is 0 Å². The highest BCUT2D eigenvalue weighted by Gasteiger charge is 1.91. The Morgan fingerprint density at radius 2 is 2.00 bits per heavy atom. The molecule has 0 aliphatic heterocycles. The minimum absolute atomic E-state index is 0.969. The van der Waals surface area contributed by atoms with Crippen LogP contribution in [0.3, 0.4) is 0 Å². The maximum Gasteiger partial charge on any atom is 0.0172 e. The first-order valence-electron chi connectivity index (χ1n) is 3.68. The van der Waals surface area contributed by atoms with E-state index < -0.39 is 0 Å². The zero-order chi connectivity index (χ0) is 7.82. The molecule has 0 heterocycles.